The van der Waals surface area contributed by atoms with Gasteiger partial charge < -0.3 is 5.11 Å². The first kappa shape index (κ1) is 13.6. The Balaban J connectivity index is 3.02. The van der Waals surface area contributed by atoms with Gasteiger partial charge in [0.05, 0.1) is 16.9 Å². The molecule has 1 rings (SSSR count). The number of aliphatic hydroxyl groups excluding tert-OH is 1. The summed E-state index contributed by atoms with van der Waals surface area (Å²) in [6.45, 7) is 1.33. The summed E-state index contributed by atoms with van der Waals surface area (Å²) in [4.78, 5) is 21.3. The summed E-state index contributed by atoms with van der Waals surface area (Å²) in [5, 5.41) is 20.5. The fraction of sp³-hybridized carbons (Fsp3) is 0.364. The second-order valence-electron chi connectivity index (χ2n) is 3.67. The smallest absolute Gasteiger partial charge is 0.269 e. The number of carbonyl (C=O) groups is 1. The number of benzene rings is 1. The van der Waals surface area contributed by atoms with Crippen LogP contribution in [0.4, 0.5) is 5.69 Å². The first-order chi connectivity index (χ1) is 7.97. The van der Waals surface area contributed by atoms with Gasteiger partial charge >= 0.3 is 0 Å². The lowest BCUT2D eigenvalue weighted by molar-refractivity contribution is -0.385. The number of ketones is 1. The average Bonchev–Trinajstić information content (AvgIpc) is 2.29. The number of nitrogens with zero attached hydrogens (tertiary/aromatic N) is 1. The van der Waals surface area contributed by atoms with E-state index in [9.17, 15) is 20.0 Å². The lowest BCUT2D eigenvalue weighted by Gasteiger charge is -2.18. The zero-order valence-electron chi connectivity index (χ0n) is 9.17. The molecule has 6 heteroatoms. The third-order valence-electron chi connectivity index (χ3n) is 2.49. The van der Waals surface area contributed by atoms with Gasteiger partial charge in [-0.25, -0.2) is 0 Å². The van der Waals surface area contributed by atoms with E-state index in [4.69, 9.17) is 11.6 Å². The monoisotopic (exact) mass is 257 g/mol. The highest BCUT2D eigenvalue weighted by Crippen LogP contribution is 2.26. The third kappa shape index (κ3) is 3.25. The first-order valence-corrected chi connectivity index (χ1v) is 5.49. The SMILES string of the molecule is CC(=O)C(CCl)C(O)c1cccc([N+](=O)[O-])c1. The summed E-state index contributed by atoms with van der Waals surface area (Å²) in [5.41, 5.74) is 0.193. The van der Waals surface area contributed by atoms with E-state index in [1.54, 1.807) is 0 Å². The minimum absolute atomic E-state index is 0.0286. The molecule has 92 valence electrons. The van der Waals surface area contributed by atoms with E-state index >= 15 is 0 Å². The van der Waals surface area contributed by atoms with Gasteiger partial charge in [-0.15, -0.1) is 11.6 Å². The molecule has 2 unspecified atom stereocenters. The van der Waals surface area contributed by atoms with E-state index in [2.05, 4.69) is 0 Å². The number of halogens is 1. The van der Waals surface area contributed by atoms with E-state index in [1.165, 1.54) is 31.2 Å². The third-order valence-corrected chi connectivity index (χ3v) is 2.82. The highest BCUT2D eigenvalue weighted by atomic mass is 35.5. The van der Waals surface area contributed by atoms with Crippen molar-refractivity contribution in [2.45, 2.75) is 13.0 Å². The van der Waals surface area contributed by atoms with Crippen LogP contribution in [0.2, 0.25) is 0 Å². The lowest BCUT2D eigenvalue weighted by atomic mass is 9.94. The van der Waals surface area contributed by atoms with Crippen LogP contribution in [-0.4, -0.2) is 21.7 Å². The zero-order chi connectivity index (χ0) is 13.0. The minimum atomic E-state index is -1.12. The summed E-state index contributed by atoms with van der Waals surface area (Å²) in [6, 6.07) is 5.55. The molecule has 0 saturated heterocycles. The van der Waals surface area contributed by atoms with Gasteiger partial charge in [-0.1, -0.05) is 12.1 Å². The van der Waals surface area contributed by atoms with Gasteiger partial charge in [0.1, 0.15) is 5.78 Å². The van der Waals surface area contributed by atoms with Crippen LogP contribution < -0.4 is 0 Å². The van der Waals surface area contributed by atoms with E-state index in [1.807, 2.05) is 0 Å². The molecule has 0 aliphatic heterocycles. The van der Waals surface area contributed by atoms with Crippen LogP contribution in [0.15, 0.2) is 24.3 Å². The van der Waals surface area contributed by atoms with Crippen LogP contribution in [-0.2, 0) is 4.79 Å². The molecule has 5 nitrogen and oxygen atoms in total. The molecule has 1 aromatic carbocycles. The van der Waals surface area contributed by atoms with Crippen LogP contribution >= 0.6 is 11.6 Å². The Kier molecular flexibility index (Phi) is 4.60. The fourth-order valence-corrected chi connectivity index (χ4v) is 1.86. The van der Waals surface area contributed by atoms with Crippen molar-refractivity contribution in [2.24, 2.45) is 5.92 Å². The van der Waals surface area contributed by atoms with Gasteiger partial charge in [-0.3, -0.25) is 14.9 Å². The molecule has 0 fully saturated rings. The molecule has 0 spiro atoms. The van der Waals surface area contributed by atoms with Crippen molar-refractivity contribution in [3.05, 3.63) is 39.9 Å². The van der Waals surface area contributed by atoms with Crippen molar-refractivity contribution in [3.63, 3.8) is 0 Å². The molecule has 0 heterocycles. The van der Waals surface area contributed by atoms with E-state index < -0.39 is 16.9 Å². The largest absolute Gasteiger partial charge is 0.388 e. The zero-order valence-corrected chi connectivity index (χ0v) is 9.92. The molecule has 0 aliphatic rings. The van der Waals surface area contributed by atoms with E-state index in [0.717, 1.165) is 0 Å². The molecule has 0 saturated carbocycles. The van der Waals surface area contributed by atoms with Crippen LogP contribution in [0.1, 0.15) is 18.6 Å². The highest BCUT2D eigenvalue weighted by Gasteiger charge is 2.25. The molecular formula is C11H12ClNO4. The predicted octanol–water partition coefficient (Wildman–Crippen LogP) is 2.07. The average molecular weight is 258 g/mol. The number of rotatable bonds is 5. The van der Waals surface area contributed by atoms with Gasteiger partial charge in [0, 0.05) is 18.0 Å². The standard InChI is InChI=1S/C11H12ClNO4/c1-7(14)10(6-12)11(15)8-3-2-4-9(5-8)13(16)17/h2-5,10-11,15H,6H2,1H3. The number of non-ortho nitro benzene ring substituents is 1. The molecule has 0 radical (unpaired) electrons. The van der Waals surface area contributed by atoms with Gasteiger partial charge in [-0.2, -0.15) is 0 Å². The number of hydrogen-bond donors (Lipinski definition) is 1. The van der Waals surface area contributed by atoms with Crippen molar-refractivity contribution < 1.29 is 14.8 Å². The van der Waals surface area contributed by atoms with Crippen molar-refractivity contribution in [1.29, 1.82) is 0 Å². The van der Waals surface area contributed by atoms with Crippen LogP contribution in [0.25, 0.3) is 0 Å². The number of nitro benzene ring substituents is 1. The van der Waals surface area contributed by atoms with E-state index in [0.29, 0.717) is 5.56 Å². The molecule has 0 aromatic heterocycles. The van der Waals surface area contributed by atoms with Gasteiger partial charge in [0.2, 0.25) is 0 Å². The van der Waals surface area contributed by atoms with Gasteiger partial charge in [0.25, 0.3) is 5.69 Å². The molecular weight excluding hydrogens is 246 g/mol. The molecule has 1 N–H and O–H groups in total. The number of aliphatic hydroxyl groups is 1. The normalized spacial score (nSPS) is 14.1. The summed E-state index contributed by atoms with van der Waals surface area (Å²) in [7, 11) is 0. The number of Topliss-reactive ketones (excluding diaryl/α,β-unsaturated/α-hetero) is 1. The number of alkyl halides is 1. The summed E-state index contributed by atoms with van der Waals surface area (Å²) < 4.78 is 0. The van der Waals surface area contributed by atoms with Crippen molar-refractivity contribution in [1.82, 2.24) is 0 Å². The van der Waals surface area contributed by atoms with Gasteiger partial charge in [-0.05, 0) is 12.5 Å². The van der Waals surface area contributed by atoms with E-state index in [-0.39, 0.29) is 17.4 Å². The fourth-order valence-electron chi connectivity index (χ4n) is 1.47. The van der Waals surface area contributed by atoms with Crippen molar-refractivity contribution >= 4 is 23.1 Å². The Morgan fingerprint density at radius 3 is 2.71 bits per heavy atom. The topological polar surface area (TPSA) is 80.4 Å². The Hall–Kier alpha value is -1.46. The number of nitro groups is 1. The molecule has 0 bridgehead atoms. The van der Waals surface area contributed by atoms with Crippen LogP contribution in [0.3, 0.4) is 0 Å². The predicted molar refractivity (Wildman–Crippen MR) is 62.9 cm³/mol. The van der Waals surface area contributed by atoms with Crippen molar-refractivity contribution in [3.8, 4) is 0 Å². The van der Waals surface area contributed by atoms with Crippen molar-refractivity contribution in [2.75, 3.05) is 5.88 Å². The second kappa shape index (κ2) is 5.75. The maximum absolute atomic E-state index is 11.2. The molecule has 17 heavy (non-hydrogen) atoms. The Labute approximate surface area is 103 Å². The summed E-state index contributed by atoms with van der Waals surface area (Å²) in [5.74, 6) is -1.03. The van der Waals surface area contributed by atoms with Gasteiger partial charge in [0.15, 0.2) is 0 Å². The molecule has 2 atom stereocenters. The Morgan fingerprint density at radius 2 is 2.24 bits per heavy atom. The Bertz CT molecular complexity index is 435. The molecule has 1 aromatic rings. The molecule has 0 aliphatic carbocycles. The number of hydrogen-bond acceptors (Lipinski definition) is 4. The number of carbonyl (C=O) groups excluding carboxylic acids is 1. The quantitative estimate of drug-likeness (QED) is 0.497. The van der Waals surface area contributed by atoms with Crippen LogP contribution in [0.5, 0.6) is 0 Å². The maximum Gasteiger partial charge on any atom is 0.269 e. The highest BCUT2D eigenvalue weighted by molar-refractivity contribution is 6.19. The molecule has 0 amide bonds. The van der Waals surface area contributed by atoms with Crippen LogP contribution in [0, 0.1) is 16.0 Å². The Morgan fingerprint density at radius 1 is 1.59 bits per heavy atom. The second-order valence-corrected chi connectivity index (χ2v) is 3.98. The lowest BCUT2D eigenvalue weighted by Crippen LogP contribution is -2.21. The summed E-state index contributed by atoms with van der Waals surface area (Å²) in [6.07, 6.45) is -1.12. The minimum Gasteiger partial charge on any atom is -0.388 e. The maximum atomic E-state index is 11.2. The first-order valence-electron chi connectivity index (χ1n) is 4.96. The summed E-state index contributed by atoms with van der Waals surface area (Å²) >= 11 is 5.59.